The fourth-order valence-electron chi connectivity index (χ4n) is 3.89. The van der Waals surface area contributed by atoms with Crippen LogP contribution in [0.2, 0.25) is 0 Å². The Labute approximate surface area is 171 Å². The van der Waals surface area contributed by atoms with E-state index < -0.39 is 0 Å². The van der Waals surface area contributed by atoms with E-state index in [9.17, 15) is 4.79 Å². The highest BCUT2D eigenvalue weighted by Crippen LogP contribution is 2.40. The van der Waals surface area contributed by atoms with Gasteiger partial charge in [-0.2, -0.15) is 0 Å². The molecule has 0 saturated carbocycles. The standard InChI is InChI=1S/C25H37NO2/c1-6-7-8-9-17-26-24(27)23-15-13-21(28-23)18-19(2)12-14-22-20(3)11-10-16-25(22,4)5/h12-15,18H,6-11,16-17H2,1-5H3,(H,26,27). The van der Waals surface area contributed by atoms with Crippen LogP contribution in [0.3, 0.4) is 0 Å². The lowest BCUT2D eigenvalue weighted by Crippen LogP contribution is -2.23. The van der Waals surface area contributed by atoms with E-state index in [2.05, 4.69) is 52.1 Å². The molecule has 1 aliphatic carbocycles. The van der Waals surface area contributed by atoms with Gasteiger partial charge in [-0.05, 0) is 74.3 Å². The molecule has 0 unspecified atom stereocenters. The summed E-state index contributed by atoms with van der Waals surface area (Å²) in [4.78, 5) is 12.2. The Morgan fingerprint density at radius 1 is 1.25 bits per heavy atom. The minimum absolute atomic E-state index is 0.130. The normalized spacial score (nSPS) is 17.4. The van der Waals surface area contributed by atoms with Crippen molar-refractivity contribution in [2.75, 3.05) is 6.54 Å². The molecule has 3 nitrogen and oxygen atoms in total. The third kappa shape index (κ3) is 6.54. The van der Waals surface area contributed by atoms with Gasteiger partial charge in [0.25, 0.3) is 5.91 Å². The van der Waals surface area contributed by atoms with E-state index in [1.807, 2.05) is 12.1 Å². The molecule has 1 aliphatic rings. The van der Waals surface area contributed by atoms with Gasteiger partial charge >= 0.3 is 0 Å². The van der Waals surface area contributed by atoms with Crippen LogP contribution in [0.25, 0.3) is 6.08 Å². The fraction of sp³-hybridized carbons (Fsp3) is 0.560. The van der Waals surface area contributed by atoms with Crippen molar-refractivity contribution in [3.8, 4) is 0 Å². The minimum Gasteiger partial charge on any atom is -0.452 e. The first kappa shape index (κ1) is 22.3. The number of carbonyl (C=O) groups is 1. The van der Waals surface area contributed by atoms with Crippen molar-refractivity contribution in [1.82, 2.24) is 5.32 Å². The molecule has 2 rings (SSSR count). The third-order valence-corrected chi connectivity index (χ3v) is 5.59. The molecule has 1 heterocycles. The Kier molecular flexibility index (Phi) is 8.35. The highest BCUT2D eigenvalue weighted by atomic mass is 16.3. The summed E-state index contributed by atoms with van der Waals surface area (Å²) in [6.07, 6.45) is 14.7. The number of furan rings is 1. The average molecular weight is 384 g/mol. The predicted molar refractivity (Wildman–Crippen MR) is 118 cm³/mol. The van der Waals surface area contributed by atoms with Gasteiger partial charge in [0, 0.05) is 6.54 Å². The monoisotopic (exact) mass is 383 g/mol. The molecule has 0 saturated heterocycles. The first-order chi connectivity index (χ1) is 13.3. The van der Waals surface area contributed by atoms with Crippen LogP contribution < -0.4 is 5.32 Å². The molecule has 0 aliphatic heterocycles. The van der Waals surface area contributed by atoms with Crippen LogP contribution >= 0.6 is 0 Å². The summed E-state index contributed by atoms with van der Waals surface area (Å²) in [6, 6.07) is 3.61. The van der Waals surface area contributed by atoms with E-state index in [1.54, 1.807) is 6.07 Å². The molecule has 28 heavy (non-hydrogen) atoms. The first-order valence-corrected chi connectivity index (χ1v) is 10.8. The molecule has 3 heteroatoms. The number of carbonyl (C=O) groups excluding carboxylic acids is 1. The lowest BCUT2D eigenvalue weighted by atomic mass is 9.72. The Hall–Kier alpha value is -2.03. The number of hydrogen-bond donors (Lipinski definition) is 1. The van der Waals surface area contributed by atoms with E-state index in [-0.39, 0.29) is 11.3 Å². The van der Waals surface area contributed by atoms with Crippen LogP contribution in [0.5, 0.6) is 0 Å². The lowest BCUT2D eigenvalue weighted by Gasteiger charge is -2.32. The maximum atomic E-state index is 12.2. The molecule has 0 radical (unpaired) electrons. The number of allylic oxidation sites excluding steroid dienone is 5. The Morgan fingerprint density at radius 2 is 2.04 bits per heavy atom. The van der Waals surface area contributed by atoms with Gasteiger partial charge in [-0.3, -0.25) is 4.79 Å². The van der Waals surface area contributed by atoms with Crippen LogP contribution in [0.15, 0.2) is 45.4 Å². The van der Waals surface area contributed by atoms with Crippen molar-refractivity contribution >= 4 is 12.0 Å². The van der Waals surface area contributed by atoms with E-state index in [4.69, 9.17) is 4.42 Å². The molecule has 0 bridgehead atoms. The Morgan fingerprint density at radius 3 is 2.75 bits per heavy atom. The van der Waals surface area contributed by atoms with Crippen molar-refractivity contribution in [1.29, 1.82) is 0 Å². The molecule has 0 spiro atoms. The van der Waals surface area contributed by atoms with E-state index in [0.717, 1.165) is 18.4 Å². The van der Waals surface area contributed by atoms with Crippen molar-refractivity contribution in [2.24, 2.45) is 5.41 Å². The zero-order valence-corrected chi connectivity index (χ0v) is 18.4. The quantitative estimate of drug-likeness (QED) is 0.366. The zero-order chi connectivity index (χ0) is 20.6. The van der Waals surface area contributed by atoms with Crippen LogP contribution in [0.1, 0.15) is 95.9 Å². The molecule has 1 aromatic rings. The summed E-state index contributed by atoms with van der Waals surface area (Å²) in [5, 5.41) is 2.93. The molecular formula is C25H37NO2. The fourth-order valence-corrected chi connectivity index (χ4v) is 3.89. The third-order valence-electron chi connectivity index (χ3n) is 5.59. The molecule has 1 N–H and O–H groups in total. The van der Waals surface area contributed by atoms with Gasteiger partial charge in [0.15, 0.2) is 5.76 Å². The molecular weight excluding hydrogens is 346 g/mol. The van der Waals surface area contributed by atoms with Gasteiger partial charge in [-0.15, -0.1) is 0 Å². The predicted octanol–water partition coefficient (Wildman–Crippen LogP) is 7.08. The van der Waals surface area contributed by atoms with E-state index in [1.165, 1.54) is 43.3 Å². The molecule has 0 atom stereocenters. The maximum Gasteiger partial charge on any atom is 0.287 e. The number of nitrogens with one attached hydrogen (secondary N) is 1. The second-order valence-electron chi connectivity index (χ2n) is 8.67. The number of unbranched alkanes of at least 4 members (excludes halogenated alkanes) is 3. The summed E-state index contributed by atoms with van der Waals surface area (Å²) in [5.41, 5.74) is 4.31. The van der Waals surface area contributed by atoms with Gasteiger partial charge in [-0.1, -0.05) is 57.8 Å². The zero-order valence-electron chi connectivity index (χ0n) is 18.4. The van der Waals surface area contributed by atoms with E-state index in [0.29, 0.717) is 18.1 Å². The lowest BCUT2D eigenvalue weighted by molar-refractivity contribution is 0.0925. The maximum absolute atomic E-state index is 12.2. The molecule has 1 aromatic heterocycles. The van der Waals surface area contributed by atoms with Crippen molar-refractivity contribution < 1.29 is 9.21 Å². The Bertz CT molecular complexity index is 746. The highest BCUT2D eigenvalue weighted by Gasteiger charge is 2.26. The first-order valence-electron chi connectivity index (χ1n) is 10.8. The topological polar surface area (TPSA) is 42.2 Å². The second-order valence-corrected chi connectivity index (χ2v) is 8.67. The molecule has 1 amide bonds. The molecule has 154 valence electrons. The highest BCUT2D eigenvalue weighted by molar-refractivity contribution is 5.91. The Balaban J connectivity index is 1.95. The SMILES string of the molecule is CCCCCCNC(=O)c1ccc(C=C(C)C=CC2=C(C)CCCC2(C)C)o1. The van der Waals surface area contributed by atoms with Crippen LogP contribution in [0, 0.1) is 5.41 Å². The number of amides is 1. The summed E-state index contributed by atoms with van der Waals surface area (Å²) >= 11 is 0. The van der Waals surface area contributed by atoms with E-state index >= 15 is 0 Å². The smallest absolute Gasteiger partial charge is 0.287 e. The molecule has 0 aromatic carbocycles. The summed E-state index contributed by atoms with van der Waals surface area (Å²) < 4.78 is 5.71. The van der Waals surface area contributed by atoms with Gasteiger partial charge in [-0.25, -0.2) is 0 Å². The van der Waals surface area contributed by atoms with Crippen LogP contribution in [-0.4, -0.2) is 12.5 Å². The van der Waals surface area contributed by atoms with Crippen LogP contribution in [0.4, 0.5) is 0 Å². The van der Waals surface area contributed by atoms with Gasteiger partial charge in [0.2, 0.25) is 0 Å². The molecule has 0 fully saturated rings. The van der Waals surface area contributed by atoms with Crippen LogP contribution in [-0.2, 0) is 0 Å². The van der Waals surface area contributed by atoms with Gasteiger partial charge in [0.05, 0.1) is 0 Å². The van der Waals surface area contributed by atoms with Gasteiger partial charge in [0.1, 0.15) is 5.76 Å². The van der Waals surface area contributed by atoms with Crippen molar-refractivity contribution in [3.63, 3.8) is 0 Å². The number of rotatable bonds is 9. The van der Waals surface area contributed by atoms with Gasteiger partial charge < -0.3 is 9.73 Å². The van der Waals surface area contributed by atoms with Crippen molar-refractivity contribution in [3.05, 3.63) is 52.5 Å². The van der Waals surface area contributed by atoms with Crippen molar-refractivity contribution in [2.45, 2.75) is 79.6 Å². The number of hydrogen-bond acceptors (Lipinski definition) is 2. The largest absolute Gasteiger partial charge is 0.452 e. The second kappa shape index (κ2) is 10.5. The average Bonchev–Trinajstić information content (AvgIpc) is 3.09. The summed E-state index contributed by atoms with van der Waals surface area (Å²) in [7, 11) is 0. The summed E-state index contributed by atoms with van der Waals surface area (Å²) in [6.45, 7) is 11.9. The summed E-state index contributed by atoms with van der Waals surface area (Å²) in [5.74, 6) is 0.964. The minimum atomic E-state index is -0.130.